The molecule has 0 radical (unpaired) electrons. The van der Waals surface area contributed by atoms with Gasteiger partial charge in [0, 0.05) is 6.04 Å². The van der Waals surface area contributed by atoms with Crippen molar-refractivity contribution in [1.29, 1.82) is 0 Å². The third kappa shape index (κ3) is 3.61. The quantitative estimate of drug-likeness (QED) is 0.793. The van der Waals surface area contributed by atoms with E-state index >= 15 is 0 Å². The van der Waals surface area contributed by atoms with Crippen molar-refractivity contribution in [3.8, 4) is 0 Å². The number of furan rings is 1. The van der Waals surface area contributed by atoms with Crippen molar-refractivity contribution in [1.82, 2.24) is 5.32 Å². The van der Waals surface area contributed by atoms with Crippen LogP contribution in [0.5, 0.6) is 0 Å². The molecule has 0 spiro atoms. The Hall–Kier alpha value is -0.760. The van der Waals surface area contributed by atoms with Crippen LogP contribution in [0.15, 0.2) is 22.8 Å². The fraction of sp³-hybridized carbons (Fsp3) is 0.750. The zero-order valence-corrected chi connectivity index (χ0v) is 12.0. The van der Waals surface area contributed by atoms with E-state index in [1.54, 1.807) is 6.26 Å². The van der Waals surface area contributed by atoms with Crippen LogP contribution in [0.1, 0.15) is 64.7 Å². The highest BCUT2D eigenvalue weighted by molar-refractivity contribution is 5.03. The Morgan fingerprint density at radius 1 is 1.17 bits per heavy atom. The molecule has 1 N–H and O–H groups in total. The second kappa shape index (κ2) is 6.42. The average Bonchev–Trinajstić information content (AvgIpc) is 2.77. The van der Waals surface area contributed by atoms with Crippen molar-refractivity contribution < 1.29 is 4.42 Å². The maximum atomic E-state index is 5.46. The number of rotatable bonds is 4. The summed E-state index contributed by atoms with van der Waals surface area (Å²) in [6, 6.07) is 5.02. The van der Waals surface area contributed by atoms with Gasteiger partial charge in [0.25, 0.3) is 0 Å². The van der Waals surface area contributed by atoms with Crippen LogP contribution in [0.3, 0.4) is 0 Å². The molecule has 0 amide bonds. The van der Waals surface area contributed by atoms with E-state index in [1.165, 1.54) is 32.1 Å². The lowest BCUT2D eigenvalue weighted by Crippen LogP contribution is -2.31. The third-order valence-corrected chi connectivity index (χ3v) is 4.41. The van der Waals surface area contributed by atoms with Gasteiger partial charge in [-0.3, -0.25) is 0 Å². The van der Waals surface area contributed by atoms with Gasteiger partial charge in [0.15, 0.2) is 0 Å². The molecule has 1 aliphatic rings. The lowest BCUT2D eigenvalue weighted by molar-refractivity contribution is 0.330. The van der Waals surface area contributed by atoms with E-state index in [0.29, 0.717) is 12.1 Å². The van der Waals surface area contributed by atoms with Gasteiger partial charge in [-0.2, -0.15) is 0 Å². The molecular formula is C16H27NO. The van der Waals surface area contributed by atoms with Gasteiger partial charge in [0.1, 0.15) is 5.76 Å². The molecule has 0 saturated heterocycles. The molecule has 1 aromatic rings. The van der Waals surface area contributed by atoms with Crippen molar-refractivity contribution in [3.05, 3.63) is 24.2 Å². The van der Waals surface area contributed by atoms with Gasteiger partial charge in [-0.05, 0) is 50.2 Å². The maximum Gasteiger partial charge on any atom is 0.120 e. The van der Waals surface area contributed by atoms with Crippen molar-refractivity contribution in [2.24, 2.45) is 11.8 Å². The molecule has 1 fully saturated rings. The molecule has 2 heteroatoms. The lowest BCUT2D eigenvalue weighted by Gasteiger charge is -2.21. The largest absolute Gasteiger partial charge is 0.468 e. The first kappa shape index (κ1) is 13.7. The minimum Gasteiger partial charge on any atom is -0.468 e. The van der Waals surface area contributed by atoms with Crippen LogP contribution in [0.2, 0.25) is 0 Å². The highest BCUT2D eigenvalue weighted by Gasteiger charge is 2.22. The second-order valence-electron chi connectivity index (χ2n) is 6.11. The monoisotopic (exact) mass is 249 g/mol. The summed E-state index contributed by atoms with van der Waals surface area (Å²) in [6.07, 6.45) is 8.54. The zero-order valence-electron chi connectivity index (χ0n) is 12.0. The fourth-order valence-electron chi connectivity index (χ4n) is 3.14. The first-order valence-electron chi connectivity index (χ1n) is 7.46. The van der Waals surface area contributed by atoms with E-state index in [9.17, 15) is 0 Å². The van der Waals surface area contributed by atoms with E-state index in [4.69, 9.17) is 4.42 Å². The van der Waals surface area contributed by atoms with E-state index in [2.05, 4.69) is 32.2 Å². The molecule has 1 aromatic heterocycles. The molecule has 102 valence electrons. The summed E-state index contributed by atoms with van der Waals surface area (Å²) in [6.45, 7) is 6.93. The molecule has 1 saturated carbocycles. The predicted octanol–water partition coefficient (Wildman–Crippen LogP) is 4.54. The zero-order chi connectivity index (χ0) is 13.0. The Morgan fingerprint density at radius 3 is 2.67 bits per heavy atom. The summed E-state index contributed by atoms with van der Waals surface area (Å²) in [5.41, 5.74) is 0. The molecule has 18 heavy (non-hydrogen) atoms. The lowest BCUT2D eigenvalue weighted by atomic mass is 9.89. The van der Waals surface area contributed by atoms with Gasteiger partial charge in [-0.25, -0.2) is 0 Å². The van der Waals surface area contributed by atoms with Crippen LogP contribution >= 0.6 is 0 Å². The first-order valence-corrected chi connectivity index (χ1v) is 7.46. The molecule has 0 bridgehead atoms. The Balaban J connectivity index is 1.83. The molecule has 3 atom stereocenters. The Labute approximate surface area is 111 Å². The highest BCUT2D eigenvalue weighted by atomic mass is 16.3. The van der Waals surface area contributed by atoms with Crippen LogP contribution in [0.25, 0.3) is 0 Å². The molecular weight excluding hydrogens is 222 g/mol. The van der Waals surface area contributed by atoms with Crippen molar-refractivity contribution in [3.63, 3.8) is 0 Å². The Morgan fingerprint density at radius 2 is 2.00 bits per heavy atom. The van der Waals surface area contributed by atoms with Crippen LogP contribution in [-0.2, 0) is 0 Å². The fourth-order valence-corrected chi connectivity index (χ4v) is 3.14. The molecule has 0 aliphatic heterocycles. The molecule has 2 rings (SSSR count). The van der Waals surface area contributed by atoms with Crippen molar-refractivity contribution >= 4 is 0 Å². The van der Waals surface area contributed by atoms with Gasteiger partial charge in [-0.15, -0.1) is 0 Å². The maximum absolute atomic E-state index is 5.46. The summed E-state index contributed by atoms with van der Waals surface area (Å²) in [7, 11) is 0. The minimum absolute atomic E-state index is 0.334. The smallest absolute Gasteiger partial charge is 0.120 e. The van der Waals surface area contributed by atoms with Crippen LogP contribution in [0, 0.1) is 11.8 Å². The summed E-state index contributed by atoms with van der Waals surface area (Å²) >= 11 is 0. The van der Waals surface area contributed by atoms with Gasteiger partial charge in [0.05, 0.1) is 12.3 Å². The molecule has 2 nitrogen and oxygen atoms in total. The van der Waals surface area contributed by atoms with Crippen LogP contribution in [0.4, 0.5) is 0 Å². The molecule has 1 heterocycles. The van der Waals surface area contributed by atoms with E-state index in [0.717, 1.165) is 17.6 Å². The highest BCUT2D eigenvalue weighted by Crippen LogP contribution is 2.29. The number of nitrogens with one attached hydrogen (secondary N) is 1. The first-order chi connectivity index (χ1) is 8.66. The normalized spacial score (nSPS) is 27.1. The van der Waals surface area contributed by atoms with Crippen molar-refractivity contribution in [2.45, 2.75) is 65.0 Å². The SMILES string of the molecule is CC(C)C1CCCC(N[C@H](C)c2ccco2)CC1. The van der Waals surface area contributed by atoms with E-state index in [1.807, 2.05) is 6.07 Å². The average molecular weight is 249 g/mol. The molecule has 2 unspecified atom stereocenters. The van der Waals surface area contributed by atoms with E-state index < -0.39 is 0 Å². The summed E-state index contributed by atoms with van der Waals surface area (Å²) in [5.74, 6) is 2.82. The standard InChI is InChI=1S/C16H27NO/c1-12(2)14-6-4-7-15(10-9-14)17-13(3)16-8-5-11-18-16/h5,8,11-15,17H,4,6-7,9-10H2,1-3H3/t13-,14?,15?/m1/s1. The predicted molar refractivity (Wildman–Crippen MR) is 75.5 cm³/mol. The Kier molecular flexibility index (Phi) is 4.87. The summed E-state index contributed by atoms with van der Waals surface area (Å²) in [5, 5.41) is 3.73. The van der Waals surface area contributed by atoms with Gasteiger partial charge >= 0.3 is 0 Å². The minimum atomic E-state index is 0.334. The van der Waals surface area contributed by atoms with Gasteiger partial charge < -0.3 is 9.73 Å². The summed E-state index contributed by atoms with van der Waals surface area (Å²) in [4.78, 5) is 0. The topological polar surface area (TPSA) is 25.2 Å². The number of hydrogen-bond acceptors (Lipinski definition) is 2. The third-order valence-electron chi connectivity index (χ3n) is 4.41. The Bertz CT molecular complexity index is 331. The van der Waals surface area contributed by atoms with Gasteiger partial charge in [-0.1, -0.05) is 26.7 Å². The van der Waals surface area contributed by atoms with Crippen molar-refractivity contribution in [2.75, 3.05) is 0 Å². The molecule has 0 aromatic carbocycles. The van der Waals surface area contributed by atoms with Crippen LogP contribution in [-0.4, -0.2) is 6.04 Å². The summed E-state index contributed by atoms with van der Waals surface area (Å²) < 4.78 is 5.46. The number of hydrogen-bond donors (Lipinski definition) is 1. The van der Waals surface area contributed by atoms with Crippen LogP contribution < -0.4 is 5.32 Å². The van der Waals surface area contributed by atoms with Gasteiger partial charge in [0.2, 0.25) is 0 Å². The second-order valence-corrected chi connectivity index (χ2v) is 6.11. The van der Waals surface area contributed by atoms with E-state index in [-0.39, 0.29) is 0 Å². The molecule has 1 aliphatic carbocycles.